The van der Waals surface area contributed by atoms with Gasteiger partial charge in [-0.1, -0.05) is 18.2 Å². The zero-order valence-corrected chi connectivity index (χ0v) is 9.85. The van der Waals surface area contributed by atoms with E-state index >= 15 is 0 Å². The molecule has 0 radical (unpaired) electrons. The van der Waals surface area contributed by atoms with Gasteiger partial charge in [0.05, 0.1) is 6.61 Å². The van der Waals surface area contributed by atoms with Crippen molar-refractivity contribution >= 4 is 16.7 Å². The number of ketones is 1. The second-order valence-electron chi connectivity index (χ2n) is 4.60. The number of carbonyl (C=O) groups is 1. The van der Waals surface area contributed by atoms with Crippen molar-refractivity contribution in [3.8, 4) is 0 Å². The number of rotatable bonds is 2. The van der Waals surface area contributed by atoms with Crippen LogP contribution in [0.1, 0.15) is 16.8 Å². The highest BCUT2D eigenvalue weighted by molar-refractivity contribution is 6.09. The lowest BCUT2D eigenvalue weighted by Crippen LogP contribution is -2.14. The molecule has 0 bridgehead atoms. The number of aromatic nitrogens is 1. The fourth-order valence-electron chi connectivity index (χ4n) is 2.50. The third-order valence-electron chi connectivity index (χ3n) is 3.46. The SMILES string of the molecule is Cn1cc(C(=O)C2CCOC2)c2ccccc21. The maximum atomic E-state index is 12.4. The molecular formula is C14H15NO2. The van der Waals surface area contributed by atoms with Crippen molar-refractivity contribution in [1.29, 1.82) is 0 Å². The second-order valence-corrected chi connectivity index (χ2v) is 4.60. The Kier molecular flexibility index (Phi) is 2.48. The Hall–Kier alpha value is -1.61. The molecule has 1 aromatic heterocycles. The molecule has 0 aliphatic carbocycles. The second kappa shape index (κ2) is 4.00. The zero-order chi connectivity index (χ0) is 11.8. The van der Waals surface area contributed by atoms with Gasteiger partial charge in [0.15, 0.2) is 5.78 Å². The molecule has 0 spiro atoms. The molecule has 1 aromatic carbocycles. The average molecular weight is 229 g/mol. The summed E-state index contributed by atoms with van der Waals surface area (Å²) in [6.45, 7) is 1.28. The Balaban J connectivity index is 2.08. The average Bonchev–Trinajstić information content (AvgIpc) is 2.97. The number of para-hydroxylation sites is 1. The van der Waals surface area contributed by atoms with Gasteiger partial charge in [-0.05, 0) is 12.5 Å². The zero-order valence-electron chi connectivity index (χ0n) is 9.85. The molecular weight excluding hydrogens is 214 g/mol. The molecule has 1 atom stereocenters. The van der Waals surface area contributed by atoms with Crippen molar-refractivity contribution in [1.82, 2.24) is 4.57 Å². The minimum absolute atomic E-state index is 0.0424. The highest BCUT2D eigenvalue weighted by atomic mass is 16.5. The lowest BCUT2D eigenvalue weighted by atomic mass is 9.97. The predicted molar refractivity (Wildman–Crippen MR) is 66.2 cm³/mol. The summed E-state index contributed by atoms with van der Waals surface area (Å²) < 4.78 is 7.30. The number of carbonyl (C=O) groups excluding carboxylic acids is 1. The number of hydrogen-bond donors (Lipinski definition) is 0. The molecule has 3 heteroatoms. The van der Waals surface area contributed by atoms with E-state index in [1.165, 1.54) is 0 Å². The molecule has 3 rings (SSSR count). The van der Waals surface area contributed by atoms with E-state index in [1.807, 2.05) is 42.1 Å². The van der Waals surface area contributed by atoms with Gasteiger partial charge in [-0.3, -0.25) is 4.79 Å². The van der Waals surface area contributed by atoms with Gasteiger partial charge in [0.2, 0.25) is 0 Å². The maximum absolute atomic E-state index is 12.4. The lowest BCUT2D eigenvalue weighted by Gasteiger charge is -2.04. The highest BCUT2D eigenvalue weighted by Crippen LogP contribution is 2.25. The van der Waals surface area contributed by atoms with Gasteiger partial charge < -0.3 is 9.30 Å². The Bertz CT molecular complexity index is 565. The molecule has 88 valence electrons. The third kappa shape index (κ3) is 1.67. The van der Waals surface area contributed by atoms with Crippen LogP contribution in [-0.2, 0) is 11.8 Å². The topological polar surface area (TPSA) is 31.2 Å². The van der Waals surface area contributed by atoms with E-state index in [2.05, 4.69) is 0 Å². The molecule has 0 saturated carbocycles. The standard InChI is InChI=1S/C14H15NO2/c1-15-8-12(11-4-2-3-5-13(11)15)14(16)10-6-7-17-9-10/h2-5,8,10H,6-7,9H2,1H3. The summed E-state index contributed by atoms with van der Waals surface area (Å²) in [5, 5.41) is 1.05. The minimum atomic E-state index is 0.0424. The summed E-state index contributed by atoms with van der Waals surface area (Å²) >= 11 is 0. The number of aryl methyl sites for hydroxylation is 1. The maximum Gasteiger partial charge on any atom is 0.170 e. The fourth-order valence-corrected chi connectivity index (χ4v) is 2.50. The first-order chi connectivity index (χ1) is 8.27. The van der Waals surface area contributed by atoms with Gasteiger partial charge in [-0.2, -0.15) is 0 Å². The van der Waals surface area contributed by atoms with Crippen molar-refractivity contribution < 1.29 is 9.53 Å². The first-order valence-corrected chi connectivity index (χ1v) is 5.93. The van der Waals surface area contributed by atoms with Crippen LogP contribution in [0.15, 0.2) is 30.5 Å². The van der Waals surface area contributed by atoms with E-state index in [9.17, 15) is 4.79 Å². The fraction of sp³-hybridized carbons (Fsp3) is 0.357. The first kappa shape index (κ1) is 10.5. The van der Waals surface area contributed by atoms with Crippen molar-refractivity contribution in [2.75, 3.05) is 13.2 Å². The van der Waals surface area contributed by atoms with Crippen molar-refractivity contribution in [2.45, 2.75) is 6.42 Å². The van der Waals surface area contributed by atoms with Crippen molar-refractivity contribution in [2.24, 2.45) is 13.0 Å². The van der Waals surface area contributed by atoms with Crippen LogP contribution in [0.4, 0.5) is 0 Å². The normalized spacial score (nSPS) is 19.9. The summed E-state index contributed by atoms with van der Waals surface area (Å²) in [6, 6.07) is 8.02. The van der Waals surface area contributed by atoms with Gasteiger partial charge in [0.25, 0.3) is 0 Å². The molecule has 0 N–H and O–H groups in total. The molecule has 1 saturated heterocycles. The van der Waals surface area contributed by atoms with Crippen LogP contribution in [-0.4, -0.2) is 23.6 Å². The summed E-state index contributed by atoms with van der Waals surface area (Å²) in [5.41, 5.74) is 1.94. The van der Waals surface area contributed by atoms with Gasteiger partial charge >= 0.3 is 0 Å². The highest BCUT2D eigenvalue weighted by Gasteiger charge is 2.26. The third-order valence-corrected chi connectivity index (χ3v) is 3.46. The van der Waals surface area contributed by atoms with Crippen LogP contribution in [0.25, 0.3) is 10.9 Å². The monoisotopic (exact) mass is 229 g/mol. The van der Waals surface area contributed by atoms with Crippen LogP contribution in [0, 0.1) is 5.92 Å². The summed E-state index contributed by atoms with van der Waals surface area (Å²) in [6.07, 6.45) is 2.79. The van der Waals surface area contributed by atoms with Gasteiger partial charge in [0.1, 0.15) is 0 Å². The summed E-state index contributed by atoms with van der Waals surface area (Å²) in [5.74, 6) is 0.264. The van der Waals surface area contributed by atoms with Crippen LogP contribution in [0.3, 0.4) is 0 Å². The Morgan fingerprint density at radius 3 is 3.00 bits per heavy atom. The molecule has 1 fully saturated rings. The number of hydrogen-bond acceptors (Lipinski definition) is 2. The molecule has 3 nitrogen and oxygen atoms in total. The van der Waals surface area contributed by atoms with Gasteiger partial charge in [-0.15, -0.1) is 0 Å². The summed E-state index contributed by atoms with van der Waals surface area (Å²) in [7, 11) is 1.98. The van der Waals surface area contributed by atoms with E-state index in [-0.39, 0.29) is 11.7 Å². The molecule has 1 aliphatic rings. The van der Waals surface area contributed by atoms with Gasteiger partial charge in [0, 0.05) is 42.2 Å². The van der Waals surface area contributed by atoms with Crippen LogP contribution in [0.2, 0.25) is 0 Å². The summed E-state index contributed by atoms with van der Waals surface area (Å²) in [4.78, 5) is 12.4. The molecule has 17 heavy (non-hydrogen) atoms. The van der Waals surface area contributed by atoms with E-state index in [4.69, 9.17) is 4.74 Å². The van der Waals surface area contributed by atoms with E-state index in [1.54, 1.807) is 0 Å². The van der Waals surface area contributed by atoms with E-state index in [0.29, 0.717) is 13.2 Å². The first-order valence-electron chi connectivity index (χ1n) is 5.93. The lowest BCUT2D eigenvalue weighted by molar-refractivity contribution is 0.0902. The molecule has 1 aliphatic heterocycles. The van der Waals surface area contributed by atoms with Crippen molar-refractivity contribution in [3.05, 3.63) is 36.0 Å². The van der Waals surface area contributed by atoms with E-state index < -0.39 is 0 Å². The number of Topliss-reactive ketones (excluding diaryl/α,β-unsaturated/α-hetero) is 1. The molecule has 2 aromatic rings. The predicted octanol–water partition coefficient (Wildman–Crippen LogP) is 2.40. The molecule has 1 unspecified atom stereocenters. The van der Waals surface area contributed by atoms with E-state index in [0.717, 1.165) is 22.9 Å². The molecule has 0 amide bonds. The molecule has 2 heterocycles. The Morgan fingerprint density at radius 2 is 2.24 bits per heavy atom. The Labute approximate surface area is 100.0 Å². The van der Waals surface area contributed by atoms with Crippen LogP contribution in [0.5, 0.6) is 0 Å². The largest absolute Gasteiger partial charge is 0.381 e. The number of fused-ring (bicyclic) bond motifs is 1. The number of ether oxygens (including phenoxy) is 1. The van der Waals surface area contributed by atoms with Crippen molar-refractivity contribution in [3.63, 3.8) is 0 Å². The Morgan fingerprint density at radius 1 is 1.41 bits per heavy atom. The smallest absolute Gasteiger partial charge is 0.170 e. The number of nitrogens with zero attached hydrogens (tertiary/aromatic N) is 1. The van der Waals surface area contributed by atoms with Gasteiger partial charge in [-0.25, -0.2) is 0 Å². The quantitative estimate of drug-likeness (QED) is 0.740. The number of benzene rings is 1. The minimum Gasteiger partial charge on any atom is -0.381 e. The van der Waals surface area contributed by atoms with Crippen LogP contribution >= 0.6 is 0 Å². The van der Waals surface area contributed by atoms with Crippen LogP contribution < -0.4 is 0 Å².